The van der Waals surface area contributed by atoms with E-state index in [2.05, 4.69) is 5.32 Å². The van der Waals surface area contributed by atoms with Gasteiger partial charge in [-0.1, -0.05) is 32.0 Å². The highest BCUT2D eigenvalue weighted by molar-refractivity contribution is 6.08. The molecule has 8 heteroatoms. The first-order valence-electron chi connectivity index (χ1n) is 9.03. The van der Waals surface area contributed by atoms with Crippen molar-refractivity contribution in [3.63, 3.8) is 0 Å². The van der Waals surface area contributed by atoms with E-state index in [-0.39, 0.29) is 5.91 Å². The molecule has 0 aromatic heterocycles. The third-order valence-corrected chi connectivity index (χ3v) is 4.78. The molecule has 0 unspecified atom stereocenters. The van der Waals surface area contributed by atoms with Crippen LogP contribution in [0.3, 0.4) is 0 Å². The van der Waals surface area contributed by atoms with Gasteiger partial charge in [-0.2, -0.15) is 0 Å². The molecule has 0 bridgehead atoms. The first-order chi connectivity index (χ1) is 12.9. The number of amides is 4. The molecule has 1 aliphatic rings. The van der Waals surface area contributed by atoms with Crippen molar-refractivity contribution < 1.29 is 23.9 Å². The summed E-state index contributed by atoms with van der Waals surface area (Å²) in [6.07, 6.45) is 0.862. The van der Waals surface area contributed by atoms with Crippen molar-refractivity contribution in [1.82, 2.24) is 10.2 Å². The molecule has 0 atom stereocenters. The molecule has 8 nitrogen and oxygen atoms in total. The summed E-state index contributed by atoms with van der Waals surface area (Å²) >= 11 is 0. The van der Waals surface area contributed by atoms with Gasteiger partial charge in [-0.3, -0.25) is 19.3 Å². The Bertz CT molecular complexity index is 715. The Labute approximate surface area is 158 Å². The van der Waals surface area contributed by atoms with E-state index >= 15 is 0 Å². The van der Waals surface area contributed by atoms with Crippen LogP contribution in [0.5, 0.6) is 0 Å². The van der Waals surface area contributed by atoms with Crippen LogP contribution in [-0.2, 0) is 19.1 Å². The van der Waals surface area contributed by atoms with Crippen molar-refractivity contribution in [3.8, 4) is 0 Å². The molecule has 27 heavy (non-hydrogen) atoms. The van der Waals surface area contributed by atoms with E-state index in [0.717, 1.165) is 4.90 Å². The van der Waals surface area contributed by atoms with Crippen molar-refractivity contribution in [2.75, 3.05) is 24.6 Å². The molecular weight excluding hydrogens is 350 g/mol. The van der Waals surface area contributed by atoms with Gasteiger partial charge < -0.3 is 15.0 Å². The number of benzene rings is 1. The number of carbonyl (C=O) groups excluding carboxylic acids is 4. The van der Waals surface area contributed by atoms with Gasteiger partial charge in [0.25, 0.3) is 11.8 Å². The number of nitrogens with one attached hydrogen (secondary N) is 1. The second-order valence-electron chi connectivity index (χ2n) is 6.24. The number of hydrogen-bond acceptors (Lipinski definition) is 5. The second kappa shape index (κ2) is 8.66. The molecule has 4 amide bonds. The van der Waals surface area contributed by atoms with Crippen LogP contribution in [0.1, 0.15) is 33.6 Å². The van der Waals surface area contributed by atoms with Gasteiger partial charge in [0.2, 0.25) is 0 Å². The highest BCUT2D eigenvalue weighted by Gasteiger charge is 2.49. The molecular formula is C19H25N3O5. The largest absolute Gasteiger partial charge is 0.454 e. The normalized spacial score (nSPS) is 15.4. The number of nitrogens with zero attached hydrogens (tertiary/aromatic N) is 2. The van der Waals surface area contributed by atoms with E-state index in [9.17, 15) is 19.2 Å². The predicted molar refractivity (Wildman–Crippen MR) is 99.0 cm³/mol. The smallest absolute Gasteiger partial charge is 0.326 e. The average Bonchev–Trinajstić information content (AvgIpc) is 2.92. The molecule has 0 spiro atoms. The molecule has 1 aromatic rings. The second-order valence-corrected chi connectivity index (χ2v) is 6.24. The molecule has 2 rings (SSSR count). The molecule has 0 saturated carbocycles. The number of likely N-dealkylation sites (N-methyl/N-ethyl adjacent to an activating group) is 1. The fourth-order valence-electron chi connectivity index (χ4n) is 3.05. The van der Waals surface area contributed by atoms with E-state index in [0.29, 0.717) is 25.1 Å². The summed E-state index contributed by atoms with van der Waals surface area (Å²) in [6.45, 7) is 4.85. The molecule has 0 radical (unpaired) electrons. The summed E-state index contributed by atoms with van der Waals surface area (Å²) in [4.78, 5) is 51.2. The summed E-state index contributed by atoms with van der Waals surface area (Å²) in [6, 6.07) is 8.40. The molecule has 1 aromatic carbocycles. The number of urea groups is 1. The standard InChI is InChI=1S/C19H25N3O5/c1-4-19(5-2)17(25)22(18(26)20-19)12-16(24)27-13-15(23)21(6-3)14-10-8-7-9-11-14/h7-11H,4-6,12-13H2,1-3H3,(H,20,26). The van der Waals surface area contributed by atoms with Crippen LogP contribution >= 0.6 is 0 Å². The third-order valence-electron chi connectivity index (χ3n) is 4.78. The SMILES string of the molecule is CCN(C(=O)COC(=O)CN1C(=O)NC(CC)(CC)C1=O)c1ccccc1. The van der Waals surface area contributed by atoms with E-state index in [1.54, 1.807) is 26.0 Å². The Hall–Kier alpha value is -2.90. The first-order valence-corrected chi connectivity index (χ1v) is 9.03. The van der Waals surface area contributed by atoms with Crippen LogP contribution in [0.25, 0.3) is 0 Å². The van der Waals surface area contributed by atoms with E-state index < -0.39 is 36.6 Å². The first kappa shape index (κ1) is 20.4. The average molecular weight is 375 g/mol. The maximum atomic E-state index is 12.5. The lowest BCUT2D eigenvalue weighted by molar-refractivity contribution is -0.150. The summed E-state index contributed by atoms with van der Waals surface area (Å²) in [5.41, 5.74) is -0.273. The lowest BCUT2D eigenvalue weighted by Gasteiger charge is -2.23. The lowest BCUT2D eigenvalue weighted by atomic mass is 9.93. The zero-order valence-corrected chi connectivity index (χ0v) is 15.9. The number of esters is 1. The van der Waals surface area contributed by atoms with Gasteiger partial charge in [0.05, 0.1) is 0 Å². The Kier molecular flexibility index (Phi) is 6.55. The number of para-hydroxylation sites is 1. The fourth-order valence-corrected chi connectivity index (χ4v) is 3.05. The monoisotopic (exact) mass is 375 g/mol. The van der Waals surface area contributed by atoms with Crippen molar-refractivity contribution in [2.45, 2.75) is 39.2 Å². The van der Waals surface area contributed by atoms with Crippen LogP contribution in [0, 0.1) is 0 Å². The third kappa shape index (κ3) is 4.27. The molecule has 146 valence electrons. The molecule has 1 saturated heterocycles. The zero-order chi connectivity index (χ0) is 20.0. The van der Waals surface area contributed by atoms with Gasteiger partial charge in [0.15, 0.2) is 6.61 Å². The van der Waals surface area contributed by atoms with E-state index in [1.165, 1.54) is 4.90 Å². The van der Waals surface area contributed by atoms with Crippen LogP contribution in [0.4, 0.5) is 10.5 Å². The van der Waals surface area contributed by atoms with Crippen molar-refractivity contribution in [1.29, 1.82) is 0 Å². The highest BCUT2D eigenvalue weighted by atomic mass is 16.5. The predicted octanol–water partition coefficient (Wildman–Crippen LogP) is 1.69. The Balaban J connectivity index is 1.93. The number of rotatable bonds is 8. The molecule has 1 N–H and O–H groups in total. The van der Waals surface area contributed by atoms with Gasteiger partial charge in [-0.25, -0.2) is 4.79 Å². The fraction of sp³-hybridized carbons (Fsp3) is 0.474. The van der Waals surface area contributed by atoms with Crippen molar-refractivity contribution >= 4 is 29.5 Å². The van der Waals surface area contributed by atoms with Gasteiger partial charge >= 0.3 is 12.0 Å². The minimum atomic E-state index is -0.973. The van der Waals surface area contributed by atoms with Crippen LogP contribution < -0.4 is 10.2 Å². The van der Waals surface area contributed by atoms with Gasteiger partial charge in [-0.15, -0.1) is 0 Å². The Morgan fingerprint density at radius 3 is 2.26 bits per heavy atom. The molecule has 0 aliphatic carbocycles. The van der Waals surface area contributed by atoms with Gasteiger partial charge in [0.1, 0.15) is 12.1 Å². The van der Waals surface area contributed by atoms with Gasteiger partial charge in [0, 0.05) is 12.2 Å². The summed E-state index contributed by atoms with van der Waals surface area (Å²) < 4.78 is 5.00. The summed E-state index contributed by atoms with van der Waals surface area (Å²) in [5.74, 6) is -1.63. The quantitative estimate of drug-likeness (QED) is 0.551. The number of hydrogen-bond donors (Lipinski definition) is 1. The van der Waals surface area contributed by atoms with Crippen LogP contribution in [0.2, 0.25) is 0 Å². The van der Waals surface area contributed by atoms with Crippen molar-refractivity contribution in [3.05, 3.63) is 30.3 Å². The molecule has 1 aliphatic heterocycles. The van der Waals surface area contributed by atoms with Crippen molar-refractivity contribution in [2.24, 2.45) is 0 Å². The van der Waals surface area contributed by atoms with Crippen LogP contribution in [-0.4, -0.2) is 54.0 Å². The zero-order valence-electron chi connectivity index (χ0n) is 15.9. The lowest BCUT2D eigenvalue weighted by Crippen LogP contribution is -2.46. The maximum absolute atomic E-state index is 12.5. The molecule has 1 fully saturated rings. The topological polar surface area (TPSA) is 96.0 Å². The highest BCUT2D eigenvalue weighted by Crippen LogP contribution is 2.24. The summed E-state index contributed by atoms with van der Waals surface area (Å²) in [5, 5.41) is 2.64. The number of ether oxygens (including phenoxy) is 1. The van der Waals surface area contributed by atoms with Gasteiger partial charge in [-0.05, 0) is 31.9 Å². The van der Waals surface area contributed by atoms with E-state index in [4.69, 9.17) is 4.74 Å². The number of anilines is 1. The maximum Gasteiger partial charge on any atom is 0.326 e. The Morgan fingerprint density at radius 2 is 1.74 bits per heavy atom. The minimum absolute atomic E-state index is 0.384. The molecule has 1 heterocycles. The van der Waals surface area contributed by atoms with E-state index in [1.807, 2.05) is 25.1 Å². The number of carbonyl (C=O) groups is 4. The Morgan fingerprint density at radius 1 is 1.11 bits per heavy atom. The minimum Gasteiger partial charge on any atom is -0.454 e. The number of imide groups is 1. The summed E-state index contributed by atoms with van der Waals surface area (Å²) in [7, 11) is 0. The van der Waals surface area contributed by atoms with Crippen LogP contribution in [0.15, 0.2) is 30.3 Å².